The van der Waals surface area contributed by atoms with Crippen LogP contribution in [0, 0.1) is 0 Å². The lowest BCUT2D eigenvalue weighted by molar-refractivity contribution is 0.748. The fraction of sp³-hybridized carbons (Fsp3) is 0.0566. The predicted octanol–water partition coefficient (Wildman–Crippen LogP) is 12.9. The Hall–Kier alpha value is -7.30. The Kier molecular flexibility index (Phi) is 6.93. The molecule has 6 aromatic carbocycles. The summed E-state index contributed by atoms with van der Waals surface area (Å²) in [6.07, 6.45) is 15.2. The molecule has 10 aromatic rings. The van der Waals surface area contributed by atoms with Crippen LogP contribution < -0.4 is 0 Å². The number of benzene rings is 6. The van der Waals surface area contributed by atoms with Crippen LogP contribution in [-0.2, 0) is 5.41 Å². The van der Waals surface area contributed by atoms with Crippen LogP contribution in [0.15, 0.2) is 200 Å². The second-order valence-electron chi connectivity index (χ2n) is 15.3. The molecule has 1 atom stereocenters. The highest BCUT2D eigenvalue weighted by Gasteiger charge is 2.47. The van der Waals surface area contributed by atoms with Gasteiger partial charge >= 0.3 is 0 Å². The summed E-state index contributed by atoms with van der Waals surface area (Å²) in [7, 11) is 0. The van der Waals surface area contributed by atoms with Gasteiger partial charge in [-0.05, 0) is 124 Å². The Morgan fingerprint density at radius 3 is 1.89 bits per heavy atom. The number of allylic oxidation sites excluding steroid dienone is 4. The average molecular weight is 729 g/mol. The van der Waals surface area contributed by atoms with E-state index in [1.807, 2.05) is 18.5 Å². The number of nitrogens with zero attached hydrogens (tertiary/aromatic N) is 4. The molecule has 4 nitrogen and oxygen atoms in total. The lowest BCUT2D eigenvalue weighted by Crippen LogP contribution is -2.29. The number of hydrogen-bond acceptors (Lipinski definition) is 2. The van der Waals surface area contributed by atoms with Gasteiger partial charge in [0.2, 0.25) is 0 Å². The summed E-state index contributed by atoms with van der Waals surface area (Å²) in [5.41, 5.74) is 17.5. The van der Waals surface area contributed by atoms with Gasteiger partial charge in [-0.2, -0.15) is 0 Å². The third kappa shape index (κ3) is 4.55. The van der Waals surface area contributed by atoms with E-state index in [9.17, 15) is 0 Å². The van der Waals surface area contributed by atoms with Crippen molar-refractivity contribution in [2.45, 2.75) is 18.3 Å². The summed E-state index contributed by atoms with van der Waals surface area (Å²) in [4.78, 5) is 9.46. The Bertz CT molecular complexity index is 3220. The first-order chi connectivity index (χ1) is 28.3. The summed E-state index contributed by atoms with van der Waals surface area (Å²) in [6, 6.07) is 57.7. The first kappa shape index (κ1) is 32.0. The Morgan fingerprint density at radius 2 is 1.16 bits per heavy atom. The normalized spacial score (nSPS) is 16.0. The molecule has 1 unspecified atom stereocenters. The van der Waals surface area contributed by atoms with E-state index in [0.717, 1.165) is 40.8 Å². The Morgan fingerprint density at radius 1 is 0.491 bits per heavy atom. The van der Waals surface area contributed by atoms with Gasteiger partial charge in [0.05, 0.1) is 33.0 Å². The maximum absolute atomic E-state index is 4.74. The fourth-order valence-electron chi connectivity index (χ4n) is 9.94. The molecule has 0 aliphatic heterocycles. The SMILES string of the molecule is C1=CC(C2(c3ccccc3)c3cnccc3-c3cc4c(cc32)c2ccccc2n4-c2ccc(-c3ccc(-n4c5ccccc5c5ncccc54)cc3)cc2)=CCC1. The van der Waals surface area contributed by atoms with E-state index in [1.165, 1.54) is 71.7 Å². The molecule has 0 bridgehead atoms. The summed E-state index contributed by atoms with van der Waals surface area (Å²) < 4.78 is 4.75. The van der Waals surface area contributed by atoms with Gasteiger partial charge in [0.25, 0.3) is 0 Å². The fourth-order valence-corrected chi connectivity index (χ4v) is 9.94. The third-order valence-corrected chi connectivity index (χ3v) is 12.4. The van der Waals surface area contributed by atoms with E-state index in [1.54, 1.807) is 0 Å². The number of pyridine rings is 2. The molecule has 0 radical (unpaired) electrons. The molecule has 0 spiro atoms. The monoisotopic (exact) mass is 728 g/mol. The highest BCUT2D eigenvalue weighted by Crippen LogP contribution is 2.58. The van der Waals surface area contributed by atoms with Crippen LogP contribution in [0.5, 0.6) is 0 Å². The van der Waals surface area contributed by atoms with Crippen molar-refractivity contribution in [2.24, 2.45) is 0 Å². The number of para-hydroxylation sites is 2. The highest BCUT2D eigenvalue weighted by atomic mass is 15.0. The van der Waals surface area contributed by atoms with Gasteiger partial charge in [0.15, 0.2) is 0 Å². The average Bonchev–Trinajstić information content (AvgIpc) is 3.90. The number of hydrogen-bond donors (Lipinski definition) is 0. The van der Waals surface area contributed by atoms with E-state index < -0.39 is 5.41 Å². The molecule has 268 valence electrons. The molecular weight excluding hydrogens is 693 g/mol. The van der Waals surface area contributed by atoms with Crippen LogP contribution in [0.4, 0.5) is 0 Å². The zero-order valence-electron chi connectivity index (χ0n) is 31.2. The molecule has 57 heavy (non-hydrogen) atoms. The van der Waals surface area contributed by atoms with Crippen molar-refractivity contribution < 1.29 is 0 Å². The Labute approximate surface area is 330 Å². The van der Waals surface area contributed by atoms with E-state index in [0.29, 0.717) is 0 Å². The molecular formula is C53H36N4. The molecule has 0 N–H and O–H groups in total. The maximum Gasteiger partial charge on any atom is 0.0963 e. The van der Waals surface area contributed by atoms with Gasteiger partial charge < -0.3 is 9.13 Å². The lowest BCUT2D eigenvalue weighted by atomic mass is 9.66. The van der Waals surface area contributed by atoms with Gasteiger partial charge in [-0.15, -0.1) is 0 Å². The first-order valence-electron chi connectivity index (χ1n) is 19.8. The highest BCUT2D eigenvalue weighted by molar-refractivity contribution is 6.12. The molecule has 4 heteroatoms. The smallest absolute Gasteiger partial charge is 0.0963 e. The zero-order valence-corrected chi connectivity index (χ0v) is 31.2. The second-order valence-corrected chi connectivity index (χ2v) is 15.3. The molecule has 12 rings (SSSR count). The second kappa shape index (κ2) is 12.4. The van der Waals surface area contributed by atoms with Crippen LogP contribution >= 0.6 is 0 Å². The molecule has 4 aromatic heterocycles. The van der Waals surface area contributed by atoms with Crippen LogP contribution in [0.1, 0.15) is 29.5 Å². The molecule has 2 aliphatic rings. The topological polar surface area (TPSA) is 35.6 Å². The Balaban J connectivity index is 0.997. The van der Waals surface area contributed by atoms with Crippen LogP contribution in [0.2, 0.25) is 0 Å². The number of fused-ring (bicyclic) bond motifs is 9. The van der Waals surface area contributed by atoms with E-state index in [2.05, 4.69) is 185 Å². The number of rotatable bonds is 5. The predicted molar refractivity (Wildman–Crippen MR) is 234 cm³/mol. The van der Waals surface area contributed by atoms with Gasteiger partial charge in [-0.3, -0.25) is 9.97 Å². The minimum Gasteiger partial charge on any atom is -0.309 e. The maximum atomic E-state index is 4.74. The van der Waals surface area contributed by atoms with Crippen molar-refractivity contribution in [3.63, 3.8) is 0 Å². The van der Waals surface area contributed by atoms with Gasteiger partial charge in [-0.1, -0.05) is 109 Å². The van der Waals surface area contributed by atoms with Gasteiger partial charge in [0, 0.05) is 46.1 Å². The third-order valence-electron chi connectivity index (χ3n) is 12.4. The molecule has 4 heterocycles. The molecule has 2 aliphatic carbocycles. The van der Waals surface area contributed by atoms with Crippen LogP contribution in [-0.4, -0.2) is 19.1 Å². The minimum absolute atomic E-state index is 0.454. The van der Waals surface area contributed by atoms with E-state index >= 15 is 0 Å². The lowest BCUT2D eigenvalue weighted by Gasteiger charge is -2.35. The largest absolute Gasteiger partial charge is 0.309 e. The number of aromatic nitrogens is 4. The van der Waals surface area contributed by atoms with Crippen molar-refractivity contribution in [3.8, 4) is 33.6 Å². The molecule has 0 saturated carbocycles. The van der Waals surface area contributed by atoms with Crippen molar-refractivity contribution in [2.75, 3.05) is 0 Å². The van der Waals surface area contributed by atoms with Crippen LogP contribution in [0.3, 0.4) is 0 Å². The summed E-state index contributed by atoms with van der Waals surface area (Å²) in [5.74, 6) is 0. The molecule has 0 saturated heterocycles. The summed E-state index contributed by atoms with van der Waals surface area (Å²) in [5, 5.41) is 3.67. The van der Waals surface area contributed by atoms with E-state index in [4.69, 9.17) is 9.97 Å². The van der Waals surface area contributed by atoms with Crippen molar-refractivity contribution in [1.82, 2.24) is 19.1 Å². The van der Waals surface area contributed by atoms with Crippen molar-refractivity contribution >= 4 is 43.7 Å². The van der Waals surface area contributed by atoms with Gasteiger partial charge in [0.1, 0.15) is 0 Å². The molecule has 0 fully saturated rings. The zero-order chi connectivity index (χ0) is 37.5. The van der Waals surface area contributed by atoms with E-state index in [-0.39, 0.29) is 0 Å². The van der Waals surface area contributed by atoms with Crippen LogP contribution in [0.25, 0.3) is 77.4 Å². The van der Waals surface area contributed by atoms with Gasteiger partial charge in [-0.25, -0.2) is 0 Å². The quantitative estimate of drug-likeness (QED) is 0.177. The standard InChI is InChI=1S/C53H36N4/c1-3-12-37(13-4-1)53(38-14-5-2-6-15-38)46-32-45-42-16-7-9-18-48(42)57(51(45)33-44(46)41-29-31-54-34-47(41)53)40-27-23-36(24-28-40)35-21-25-39(26-22-35)56-49-19-10-8-17-43(49)52-50(56)20-11-30-55-52/h1,3-5,7-34H,2,6H2. The summed E-state index contributed by atoms with van der Waals surface area (Å²) >= 11 is 0. The summed E-state index contributed by atoms with van der Waals surface area (Å²) in [6.45, 7) is 0. The molecule has 0 amide bonds. The van der Waals surface area contributed by atoms with Crippen molar-refractivity contribution in [3.05, 3.63) is 217 Å². The minimum atomic E-state index is -0.454. The van der Waals surface area contributed by atoms with Crippen molar-refractivity contribution in [1.29, 1.82) is 0 Å². The first-order valence-corrected chi connectivity index (χ1v) is 19.8.